The minimum Gasteiger partial charge on any atom is -0.385 e. The summed E-state index contributed by atoms with van der Waals surface area (Å²) in [6.07, 6.45) is 1.34. The van der Waals surface area contributed by atoms with Crippen LogP contribution in [0.5, 0.6) is 0 Å². The first-order valence-corrected chi connectivity index (χ1v) is 20.3. The fraction of sp³-hybridized carbons (Fsp3) is 0.659. The number of benzene rings is 2. The zero-order valence-electron chi connectivity index (χ0n) is 32.8. The van der Waals surface area contributed by atoms with Crippen molar-refractivity contribution in [3.8, 4) is 0 Å². The van der Waals surface area contributed by atoms with Crippen LogP contribution in [-0.2, 0) is 43.7 Å². The normalized spacial score (nSPS) is 41.5. The topological polar surface area (TPSA) is 130 Å². The summed E-state index contributed by atoms with van der Waals surface area (Å²) in [7, 11) is 0. The molecule has 0 spiro atoms. The Bertz CT molecular complexity index is 1820. The van der Waals surface area contributed by atoms with E-state index in [0.717, 1.165) is 18.4 Å². The number of hydrogen-bond acceptors (Lipinski definition) is 10. The maximum absolute atomic E-state index is 16.4. The van der Waals surface area contributed by atoms with Crippen LogP contribution in [0, 0.1) is 51.2 Å². The number of aliphatic hydroxyl groups excluding tert-OH is 1. The van der Waals surface area contributed by atoms with Crippen molar-refractivity contribution in [1.82, 2.24) is 0 Å². The maximum atomic E-state index is 16.4. The number of nitrogens with zero attached hydrogens (tertiary/aromatic N) is 2. The van der Waals surface area contributed by atoms with Crippen LogP contribution in [-0.4, -0.2) is 73.7 Å². The predicted octanol–water partition coefficient (Wildman–Crippen LogP) is 6.94. The van der Waals surface area contributed by atoms with E-state index in [1.807, 2.05) is 81.4 Å². The van der Waals surface area contributed by atoms with Gasteiger partial charge in [0, 0.05) is 10.8 Å². The molecule has 5 unspecified atom stereocenters. The van der Waals surface area contributed by atoms with Gasteiger partial charge in [0.05, 0.1) is 37.1 Å². The lowest BCUT2D eigenvalue weighted by molar-refractivity contribution is -0.295. The maximum Gasteiger partial charge on any atom is 0.519 e. The highest BCUT2D eigenvalue weighted by Gasteiger charge is 2.87. The third kappa shape index (κ3) is 5.05. The molecule has 11 heteroatoms. The molecule has 1 N–H and O–H groups in total. The van der Waals surface area contributed by atoms with Gasteiger partial charge in [0.25, 0.3) is 0 Å². The Hall–Kier alpha value is -3.21. The molecular formula is C44H55N2O9+. The first-order valence-electron chi connectivity index (χ1n) is 20.3. The van der Waals surface area contributed by atoms with Crippen LogP contribution in [0.4, 0.5) is 0 Å². The highest BCUT2D eigenvalue weighted by molar-refractivity contribution is 5.87. The molecule has 7 aliphatic rings. The van der Waals surface area contributed by atoms with Crippen molar-refractivity contribution in [3.05, 3.63) is 88.4 Å². The molecule has 11 nitrogen and oxygen atoms in total. The largest absolute Gasteiger partial charge is 0.519 e. The molecule has 4 aliphatic carbocycles. The van der Waals surface area contributed by atoms with Gasteiger partial charge in [-0.1, -0.05) is 75.2 Å². The molecular weight excluding hydrogens is 700 g/mol. The van der Waals surface area contributed by atoms with Crippen molar-refractivity contribution in [2.24, 2.45) is 45.8 Å². The van der Waals surface area contributed by atoms with Gasteiger partial charge >= 0.3 is 11.7 Å². The number of hydrogen-bond donors (Lipinski definition) is 1. The molecule has 3 saturated carbocycles. The van der Waals surface area contributed by atoms with Gasteiger partial charge in [-0.2, -0.15) is 0 Å². The quantitative estimate of drug-likeness (QED) is 0.163. The molecule has 0 radical (unpaired) electrons. The second kappa shape index (κ2) is 13.2. The summed E-state index contributed by atoms with van der Waals surface area (Å²) in [5.41, 5.74) is -2.79. The Kier molecular flexibility index (Phi) is 8.95. The summed E-state index contributed by atoms with van der Waals surface area (Å²) in [4.78, 5) is 20.4. The number of allylic oxidation sites excluding steroid dienone is 1. The zero-order valence-corrected chi connectivity index (χ0v) is 32.8. The summed E-state index contributed by atoms with van der Waals surface area (Å²) in [5.74, 6) is -0.718. The fourth-order valence-corrected chi connectivity index (χ4v) is 12.8. The van der Waals surface area contributed by atoms with Gasteiger partial charge in [0.15, 0.2) is 23.3 Å². The fourth-order valence-electron chi connectivity index (χ4n) is 12.8. The second-order valence-corrected chi connectivity index (χ2v) is 18.1. The van der Waals surface area contributed by atoms with Gasteiger partial charge in [-0.25, -0.2) is 0 Å². The van der Waals surface area contributed by atoms with Crippen molar-refractivity contribution in [3.63, 3.8) is 0 Å². The first-order chi connectivity index (χ1) is 26.3. The van der Waals surface area contributed by atoms with E-state index in [1.165, 1.54) is 0 Å². The molecule has 2 aromatic carbocycles. The van der Waals surface area contributed by atoms with Crippen LogP contribution in [0.1, 0.15) is 78.4 Å². The van der Waals surface area contributed by atoms with Crippen LogP contribution in [0.2, 0.25) is 0 Å². The van der Waals surface area contributed by atoms with E-state index in [1.54, 1.807) is 0 Å². The van der Waals surface area contributed by atoms with Crippen molar-refractivity contribution in [2.75, 3.05) is 19.8 Å². The molecule has 12 atom stereocenters. The Morgan fingerprint density at radius 1 is 0.964 bits per heavy atom. The summed E-state index contributed by atoms with van der Waals surface area (Å²) in [5, 5.41) is 22.9. The standard InChI is InChI=1S/C44H55N2O9/c1-25(2)33-21-30-22-42(39-49-19-20-50-39)32-18-17-26(3)31(32)23-41(30,24-51-37-34(47)36-35(27(4)52-37)53-40(5,6)54-36)43(33,42)38(48)55-44(46-45,28-13-9-7-10-14-28)29-15-11-8-12-16-29/h7-16,21,25-27,30-32,34-37,39,47H,17-20,22-24H2,1-6H3/q+1/t26-,27-,30?,31-,32-,34+,35-,36+,37?,41?,42?,43?/m1/s1. The molecule has 3 heterocycles. The van der Waals surface area contributed by atoms with Gasteiger partial charge in [0.1, 0.15) is 23.7 Å². The molecule has 3 saturated heterocycles. The molecule has 294 valence electrons. The number of fused-ring (bicyclic) bond motifs is 3. The molecule has 0 aromatic heterocycles. The smallest absolute Gasteiger partial charge is 0.385 e. The van der Waals surface area contributed by atoms with E-state index >= 15 is 4.79 Å². The summed E-state index contributed by atoms with van der Waals surface area (Å²) in [6, 6.07) is 18.4. The van der Waals surface area contributed by atoms with Crippen molar-refractivity contribution >= 4 is 5.97 Å². The molecule has 3 aliphatic heterocycles. The first kappa shape index (κ1) is 37.4. The van der Waals surface area contributed by atoms with Gasteiger partial charge in [-0.15, -0.1) is 0 Å². The lowest BCUT2D eigenvalue weighted by atomic mass is 9.42. The lowest BCUT2D eigenvalue weighted by Crippen LogP contribution is -2.67. The van der Waals surface area contributed by atoms with Crippen LogP contribution in [0.15, 0.2) is 72.3 Å². The van der Waals surface area contributed by atoms with E-state index in [0.29, 0.717) is 43.1 Å². The highest BCUT2D eigenvalue weighted by Crippen LogP contribution is 2.85. The number of carbonyl (C=O) groups excluding carboxylic acids is 1. The van der Waals surface area contributed by atoms with E-state index < -0.39 is 70.7 Å². The number of esters is 1. The lowest BCUT2D eigenvalue weighted by Gasteiger charge is -2.62. The minimum absolute atomic E-state index is 0.0501. The summed E-state index contributed by atoms with van der Waals surface area (Å²) >= 11 is 0. The van der Waals surface area contributed by atoms with Crippen LogP contribution in [0.25, 0.3) is 4.98 Å². The average Bonchev–Trinajstić information content (AvgIpc) is 4.00. The Labute approximate surface area is 323 Å². The molecule has 2 aromatic rings. The number of carbonyl (C=O) groups is 1. The highest BCUT2D eigenvalue weighted by atomic mass is 16.8. The van der Waals surface area contributed by atoms with Crippen LogP contribution < -0.4 is 0 Å². The third-order valence-electron chi connectivity index (χ3n) is 14.7. The Morgan fingerprint density at radius 2 is 1.60 bits per heavy atom. The summed E-state index contributed by atoms with van der Waals surface area (Å²) < 4.78 is 45.8. The van der Waals surface area contributed by atoms with Crippen LogP contribution in [0.3, 0.4) is 0 Å². The van der Waals surface area contributed by atoms with Gasteiger partial charge in [-0.3, -0.25) is 4.79 Å². The van der Waals surface area contributed by atoms with E-state index in [9.17, 15) is 10.5 Å². The SMILES string of the molecule is CC(C)C1=CC2CC3(C4OCCO4)[C@@H]4CC[C@@H](C)[C@H]4CC2(COC2O[C@H](C)[C@H]4OC(C)(C)O[C@H]4[C@@H]2O)C13C(=O)OC([N+]#N)(c1ccccc1)c1ccccc1. The summed E-state index contributed by atoms with van der Waals surface area (Å²) in [6.45, 7) is 13.2. The zero-order chi connectivity index (χ0) is 38.5. The second-order valence-electron chi connectivity index (χ2n) is 18.1. The van der Waals surface area contributed by atoms with Gasteiger partial charge in [-0.05, 0) is 93.9 Å². The number of diazo groups is 1. The van der Waals surface area contributed by atoms with Gasteiger partial charge in [0.2, 0.25) is 5.39 Å². The predicted molar refractivity (Wildman–Crippen MR) is 199 cm³/mol. The molecule has 6 fully saturated rings. The van der Waals surface area contributed by atoms with Gasteiger partial charge < -0.3 is 38.3 Å². The van der Waals surface area contributed by atoms with Crippen molar-refractivity contribution in [1.29, 1.82) is 5.39 Å². The Morgan fingerprint density at radius 3 is 2.22 bits per heavy atom. The monoisotopic (exact) mass is 755 g/mol. The minimum atomic E-state index is -1.87. The average molecular weight is 756 g/mol. The number of ether oxygens (including phenoxy) is 7. The van der Waals surface area contributed by atoms with E-state index in [-0.39, 0.29) is 30.3 Å². The number of rotatable bonds is 9. The third-order valence-corrected chi connectivity index (χ3v) is 14.7. The molecule has 9 rings (SSSR count). The molecule has 4 bridgehead atoms. The molecule has 0 amide bonds. The van der Waals surface area contributed by atoms with E-state index in [4.69, 9.17) is 33.2 Å². The Balaban J connectivity index is 1.21. The van der Waals surface area contributed by atoms with E-state index in [2.05, 4.69) is 31.8 Å². The van der Waals surface area contributed by atoms with Crippen LogP contribution >= 0.6 is 0 Å². The number of aliphatic hydroxyl groups is 1. The van der Waals surface area contributed by atoms with Crippen molar-refractivity contribution in [2.45, 2.75) is 116 Å². The molecule has 55 heavy (non-hydrogen) atoms. The van der Waals surface area contributed by atoms with Crippen molar-refractivity contribution < 1.29 is 43.1 Å².